The van der Waals surface area contributed by atoms with Crippen molar-refractivity contribution in [3.63, 3.8) is 0 Å². The molecule has 2 heterocycles. The van der Waals surface area contributed by atoms with E-state index < -0.39 is 0 Å². The van der Waals surface area contributed by atoms with E-state index in [1.807, 2.05) is 43.5 Å². The molecule has 2 N–H and O–H groups in total. The second-order valence-corrected chi connectivity index (χ2v) is 6.15. The van der Waals surface area contributed by atoms with Gasteiger partial charge in [0.05, 0.1) is 18.7 Å². The summed E-state index contributed by atoms with van der Waals surface area (Å²) < 4.78 is 6.67. The number of rotatable bonds is 7. The van der Waals surface area contributed by atoms with Gasteiger partial charge in [0.1, 0.15) is 11.3 Å². The Morgan fingerprint density at radius 3 is 2.67 bits per heavy atom. The molecular weight excluding hydrogens is 344 g/mol. The minimum atomic E-state index is -0.226. The van der Waals surface area contributed by atoms with Gasteiger partial charge in [-0.15, -0.1) is 0 Å². The molecule has 140 valence electrons. The number of pyridine rings is 1. The summed E-state index contributed by atoms with van der Waals surface area (Å²) in [5.74, 6) is -0.290. The largest absolute Gasteiger partial charge is 0.383 e. The van der Waals surface area contributed by atoms with Gasteiger partial charge in [0, 0.05) is 25.5 Å². The number of hydrogen-bond donors (Lipinski definition) is 2. The first-order chi connectivity index (χ1) is 13.1. The van der Waals surface area contributed by atoms with Crippen LogP contribution in [0.5, 0.6) is 0 Å². The minimum Gasteiger partial charge on any atom is -0.383 e. The molecule has 0 radical (unpaired) electrons. The Balaban J connectivity index is 1.65. The number of aromatic nitrogens is 2. The third-order valence-electron chi connectivity index (χ3n) is 4.12. The summed E-state index contributed by atoms with van der Waals surface area (Å²) in [6, 6.07) is 12.8. The number of anilines is 1. The number of nitrogens with one attached hydrogen (secondary N) is 2. The van der Waals surface area contributed by atoms with Crippen LogP contribution in [0.25, 0.3) is 5.65 Å². The lowest BCUT2D eigenvalue weighted by Gasteiger charge is -2.08. The van der Waals surface area contributed by atoms with Gasteiger partial charge in [-0.05, 0) is 36.8 Å². The van der Waals surface area contributed by atoms with Crippen molar-refractivity contribution in [2.75, 3.05) is 25.6 Å². The number of imidazole rings is 1. The van der Waals surface area contributed by atoms with Crippen LogP contribution < -0.4 is 10.6 Å². The molecule has 0 atom stereocenters. The number of fused-ring (bicyclic) bond motifs is 1. The van der Waals surface area contributed by atoms with Crippen molar-refractivity contribution >= 4 is 23.1 Å². The molecular formula is C20H22N4O3. The highest BCUT2D eigenvalue weighted by molar-refractivity contribution is 6.04. The van der Waals surface area contributed by atoms with Gasteiger partial charge >= 0.3 is 0 Å². The fourth-order valence-electron chi connectivity index (χ4n) is 2.82. The summed E-state index contributed by atoms with van der Waals surface area (Å²) in [6.45, 7) is 2.79. The fourth-order valence-corrected chi connectivity index (χ4v) is 2.82. The van der Waals surface area contributed by atoms with Crippen molar-refractivity contribution in [1.29, 1.82) is 0 Å². The molecule has 0 unspecified atom stereocenters. The Kier molecular flexibility index (Phi) is 5.83. The second-order valence-electron chi connectivity index (χ2n) is 6.15. The van der Waals surface area contributed by atoms with E-state index in [4.69, 9.17) is 4.74 Å². The van der Waals surface area contributed by atoms with Gasteiger partial charge in [0.15, 0.2) is 0 Å². The van der Waals surface area contributed by atoms with Crippen molar-refractivity contribution in [3.05, 3.63) is 65.6 Å². The van der Waals surface area contributed by atoms with Crippen LogP contribution >= 0.6 is 0 Å². The molecule has 0 saturated heterocycles. The van der Waals surface area contributed by atoms with E-state index in [-0.39, 0.29) is 18.2 Å². The molecule has 0 aliphatic carbocycles. The Bertz CT molecular complexity index is 948. The van der Waals surface area contributed by atoms with E-state index in [1.165, 1.54) is 0 Å². The third kappa shape index (κ3) is 4.51. The van der Waals surface area contributed by atoms with E-state index in [9.17, 15) is 9.59 Å². The summed E-state index contributed by atoms with van der Waals surface area (Å²) in [4.78, 5) is 28.9. The summed E-state index contributed by atoms with van der Waals surface area (Å²) in [6.07, 6.45) is 2.10. The Hall–Kier alpha value is -3.19. The zero-order valence-corrected chi connectivity index (χ0v) is 15.4. The van der Waals surface area contributed by atoms with Crippen molar-refractivity contribution < 1.29 is 14.3 Å². The molecule has 1 aromatic carbocycles. The number of aryl methyl sites for hydroxylation is 1. The molecule has 2 amide bonds. The van der Waals surface area contributed by atoms with Crippen LogP contribution in [0, 0.1) is 6.92 Å². The number of ether oxygens (including phenoxy) is 1. The average molecular weight is 366 g/mol. The predicted molar refractivity (Wildman–Crippen MR) is 103 cm³/mol. The van der Waals surface area contributed by atoms with E-state index in [1.54, 1.807) is 23.6 Å². The van der Waals surface area contributed by atoms with Crippen LogP contribution in [0.4, 0.5) is 5.69 Å². The van der Waals surface area contributed by atoms with Crippen LogP contribution in [0.2, 0.25) is 0 Å². The van der Waals surface area contributed by atoms with Gasteiger partial charge < -0.3 is 15.4 Å². The molecule has 3 aromatic rings. The molecule has 0 spiro atoms. The lowest BCUT2D eigenvalue weighted by atomic mass is 10.1. The van der Waals surface area contributed by atoms with Crippen LogP contribution in [0.15, 0.2) is 48.7 Å². The standard InChI is InChI=1S/C20H22N4O3/c1-14-19(24-11-4-3-5-17(24)22-14)20(26)23-16-8-6-15(7-9-16)13-18(25)21-10-12-27-2/h3-9,11H,10,12-13H2,1-2H3,(H,21,25)(H,23,26). The highest BCUT2D eigenvalue weighted by atomic mass is 16.5. The summed E-state index contributed by atoms with van der Waals surface area (Å²) in [5, 5.41) is 5.66. The topological polar surface area (TPSA) is 84.7 Å². The number of methoxy groups -OCH3 is 1. The van der Waals surface area contributed by atoms with Gasteiger partial charge in [0.25, 0.3) is 5.91 Å². The van der Waals surface area contributed by atoms with Crippen LogP contribution in [0.3, 0.4) is 0 Å². The van der Waals surface area contributed by atoms with Gasteiger partial charge in [-0.2, -0.15) is 0 Å². The SMILES string of the molecule is COCCNC(=O)Cc1ccc(NC(=O)c2c(C)nc3ccccn23)cc1. The molecule has 7 nitrogen and oxygen atoms in total. The summed E-state index contributed by atoms with van der Waals surface area (Å²) >= 11 is 0. The minimum absolute atomic E-state index is 0.0646. The number of nitrogens with zero attached hydrogens (tertiary/aromatic N) is 2. The number of carbonyl (C=O) groups excluding carboxylic acids is 2. The predicted octanol–water partition coefficient (Wildman–Crippen LogP) is 2.20. The number of amides is 2. The maximum absolute atomic E-state index is 12.7. The van der Waals surface area contributed by atoms with E-state index >= 15 is 0 Å². The normalized spacial score (nSPS) is 10.7. The molecule has 3 rings (SSSR count). The molecule has 0 saturated carbocycles. The first kappa shape index (κ1) is 18.6. The molecule has 0 fully saturated rings. The van der Waals surface area contributed by atoms with Crippen LogP contribution in [-0.2, 0) is 16.0 Å². The van der Waals surface area contributed by atoms with E-state index in [0.717, 1.165) is 11.2 Å². The van der Waals surface area contributed by atoms with Gasteiger partial charge in [-0.1, -0.05) is 18.2 Å². The van der Waals surface area contributed by atoms with E-state index in [0.29, 0.717) is 30.2 Å². The smallest absolute Gasteiger partial charge is 0.274 e. The summed E-state index contributed by atoms with van der Waals surface area (Å²) in [5.41, 5.74) is 3.44. The zero-order chi connectivity index (χ0) is 19.2. The highest BCUT2D eigenvalue weighted by Gasteiger charge is 2.16. The Labute approximate surface area is 157 Å². The number of hydrogen-bond acceptors (Lipinski definition) is 4. The molecule has 0 bridgehead atoms. The first-order valence-corrected chi connectivity index (χ1v) is 8.68. The maximum atomic E-state index is 12.7. The lowest BCUT2D eigenvalue weighted by molar-refractivity contribution is -0.120. The number of benzene rings is 1. The Morgan fingerprint density at radius 1 is 1.15 bits per heavy atom. The van der Waals surface area contributed by atoms with Crippen molar-refractivity contribution in [1.82, 2.24) is 14.7 Å². The van der Waals surface area contributed by atoms with Crippen molar-refractivity contribution in [2.24, 2.45) is 0 Å². The quantitative estimate of drug-likeness (QED) is 0.628. The lowest BCUT2D eigenvalue weighted by Crippen LogP contribution is -2.28. The average Bonchev–Trinajstić information content (AvgIpc) is 2.99. The second kappa shape index (κ2) is 8.46. The molecule has 7 heteroatoms. The van der Waals surface area contributed by atoms with Gasteiger partial charge in [-0.25, -0.2) is 4.98 Å². The van der Waals surface area contributed by atoms with Crippen LogP contribution in [-0.4, -0.2) is 41.5 Å². The monoisotopic (exact) mass is 366 g/mol. The molecule has 27 heavy (non-hydrogen) atoms. The van der Waals surface area contributed by atoms with Gasteiger partial charge in [-0.3, -0.25) is 14.0 Å². The molecule has 0 aliphatic heterocycles. The summed E-state index contributed by atoms with van der Waals surface area (Å²) in [7, 11) is 1.59. The van der Waals surface area contributed by atoms with Crippen LogP contribution in [0.1, 0.15) is 21.7 Å². The van der Waals surface area contributed by atoms with E-state index in [2.05, 4.69) is 15.6 Å². The highest BCUT2D eigenvalue weighted by Crippen LogP contribution is 2.15. The Morgan fingerprint density at radius 2 is 1.93 bits per heavy atom. The zero-order valence-electron chi connectivity index (χ0n) is 15.4. The molecule has 2 aromatic heterocycles. The first-order valence-electron chi connectivity index (χ1n) is 8.68. The number of carbonyl (C=O) groups is 2. The third-order valence-corrected chi connectivity index (χ3v) is 4.12. The van der Waals surface area contributed by atoms with Crippen molar-refractivity contribution in [3.8, 4) is 0 Å². The van der Waals surface area contributed by atoms with Crippen molar-refractivity contribution in [2.45, 2.75) is 13.3 Å². The molecule has 0 aliphatic rings. The fraction of sp³-hybridized carbons (Fsp3) is 0.250. The van der Waals surface area contributed by atoms with Gasteiger partial charge in [0.2, 0.25) is 5.91 Å². The maximum Gasteiger partial charge on any atom is 0.274 e.